The zero-order chi connectivity index (χ0) is 15.3. The maximum atomic E-state index is 10.8. The van der Waals surface area contributed by atoms with Crippen LogP contribution in [0.3, 0.4) is 0 Å². The Bertz CT molecular complexity index is 255. The molecule has 0 aromatic carbocycles. The number of hydrogen-bond acceptors (Lipinski definition) is 6. The third-order valence-electron chi connectivity index (χ3n) is 2.28. The van der Waals surface area contributed by atoms with Crippen LogP contribution in [0.2, 0.25) is 6.04 Å². The molecule has 0 aliphatic heterocycles. The molecule has 6 nitrogen and oxygen atoms in total. The minimum Gasteiger partial charge on any atom is -0.460 e. The molecule has 0 N–H and O–H groups in total. The van der Waals surface area contributed by atoms with Gasteiger partial charge in [0.25, 0.3) is 0 Å². The van der Waals surface area contributed by atoms with E-state index in [1.807, 2.05) is 20.8 Å². The molecule has 7 heteroatoms. The van der Waals surface area contributed by atoms with E-state index in [2.05, 4.69) is 6.58 Å². The first-order valence-electron chi connectivity index (χ1n) is 6.92. The number of esters is 1. The SMILES string of the molecule is C=CC(=O)OCCOCC[Si](OCC)(OCC)OCC. The molecular weight excluding hydrogens is 280 g/mol. The topological polar surface area (TPSA) is 63.2 Å². The summed E-state index contributed by atoms with van der Waals surface area (Å²) in [6.07, 6.45) is 1.12. The van der Waals surface area contributed by atoms with Gasteiger partial charge in [0.2, 0.25) is 0 Å². The van der Waals surface area contributed by atoms with Crippen molar-refractivity contribution in [2.24, 2.45) is 0 Å². The van der Waals surface area contributed by atoms with E-state index in [1.54, 1.807) is 0 Å². The van der Waals surface area contributed by atoms with Gasteiger partial charge in [-0.05, 0) is 20.8 Å². The molecule has 0 fully saturated rings. The van der Waals surface area contributed by atoms with Crippen LogP contribution in [0.15, 0.2) is 12.7 Å². The van der Waals surface area contributed by atoms with E-state index in [4.69, 9.17) is 22.8 Å². The minimum atomic E-state index is -2.63. The van der Waals surface area contributed by atoms with Gasteiger partial charge in [0.1, 0.15) is 6.61 Å². The lowest BCUT2D eigenvalue weighted by Gasteiger charge is -2.28. The molecule has 0 saturated carbocycles. The summed E-state index contributed by atoms with van der Waals surface area (Å²) >= 11 is 0. The van der Waals surface area contributed by atoms with Gasteiger partial charge >= 0.3 is 14.8 Å². The van der Waals surface area contributed by atoms with Crippen molar-refractivity contribution in [3.8, 4) is 0 Å². The predicted octanol–water partition coefficient (Wildman–Crippen LogP) is 1.78. The minimum absolute atomic E-state index is 0.206. The molecule has 0 amide bonds. The highest BCUT2D eigenvalue weighted by molar-refractivity contribution is 6.60. The lowest BCUT2D eigenvalue weighted by Crippen LogP contribution is -2.46. The highest BCUT2D eigenvalue weighted by Gasteiger charge is 2.39. The summed E-state index contributed by atoms with van der Waals surface area (Å²) in [4.78, 5) is 10.8. The molecule has 0 heterocycles. The van der Waals surface area contributed by atoms with E-state index in [9.17, 15) is 4.79 Å². The van der Waals surface area contributed by atoms with Crippen molar-refractivity contribution >= 4 is 14.8 Å². The molecule has 118 valence electrons. The number of ether oxygens (including phenoxy) is 2. The molecule has 0 atom stereocenters. The van der Waals surface area contributed by atoms with E-state index < -0.39 is 14.8 Å². The molecule has 0 radical (unpaired) electrons. The third kappa shape index (κ3) is 8.44. The highest BCUT2D eigenvalue weighted by Crippen LogP contribution is 2.15. The molecule has 0 bridgehead atoms. The fraction of sp³-hybridized carbons (Fsp3) is 0.769. The summed E-state index contributed by atoms with van der Waals surface area (Å²) in [5, 5.41) is 0. The van der Waals surface area contributed by atoms with E-state index in [-0.39, 0.29) is 6.61 Å². The second-order valence-electron chi connectivity index (χ2n) is 3.72. The molecule has 0 aromatic rings. The van der Waals surface area contributed by atoms with Crippen molar-refractivity contribution in [2.45, 2.75) is 26.8 Å². The summed E-state index contributed by atoms with van der Waals surface area (Å²) in [5.41, 5.74) is 0. The zero-order valence-corrected chi connectivity index (χ0v) is 13.7. The van der Waals surface area contributed by atoms with Crippen molar-refractivity contribution in [3.63, 3.8) is 0 Å². The molecule has 0 aliphatic carbocycles. The van der Waals surface area contributed by atoms with Gasteiger partial charge in [-0.25, -0.2) is 4.79 Å². The van der Waals surface area contributed by atoms with Crippen LogP contribution in [0.4, 0.5) is 0 Å². The predicted molar refractivity (Wildman–Crippen MR) is 77.4 cm³/mol. The van der Waals surface area contributed by atoms with Gasteiger partial charge in [-0.2, -0.15) is 0 Å². The van der Waals surface area contributed by atoms with E-state index in [0.717, 1.165) is 6.08 Å². The van der Waals surface area contributed by atoms with Crippen LogP contribution in [0.1, 0.15) is 20.8 Å². The van der Waals surface area contributed by atoms with Crippen molar-refractivity contribution in [3.05, 3.63) is 12.7 Å². The third-order valence-corrected chi connectivity index (χ3v) is 5.29. The Hall–Kier alpha value is -0.733. The fourth-order valence-corrected chi connectivity index (χ4v) is 3.96. The molecule has 0 rings (SSSR count). The van der Waals surface area contributed by atoms with Crippen LogP contribution in [0.5, 0.6) is 0 Å². The summed E-state index contributed by atoms with van der Waals surface area (Å²) in [5.74, 6) is -0.449. The average Bonchev–Trinajstić information content (AvgIpc) is 2.43. The largest absolute Gasteiger partial charge is 0.503 e. The molecular formula is C13H26O6Si. The van der Waals surface area contributed by atoms with Gasteiger partial charge in [-0.1, -0.05) is 6.58 Å². The molecule has 0 saturated heterocycles. The summed E-state index contributed by atoms with van der Waals surface area (Å²) in [7, 11) is -2.63. The van der Waals surface area contributed by atoms with Crippen molar-refractivity contribution < 1.29 is 27.5 Å². The van der Waals surface area contributed by atoms with Gasteiger partial charge in [0, 0.05) is 31.9 Å². The zero-order valence-electron chi connectivity index (χ0n) is 12.7. The maximum absolute atomic E-state index is 10.8. The average molecular weight is 306 g/mol. The highest BCUT2D eigenvalue weighted by atomic mass is 28.4. The van der Waals surface area contributed by atoms with E-state index >= 15 is 0 Å². The Morgan fingerprint density at radius 3 is 2.00 bits per heavy atom. The Labute approximate surface area is 122 Å². The Morgan fingerprint density at radius 2 is 1.55 bits per heavy atom. The lowest BCUT2D eigenvalue weighted by atomic mass is 10.6. The normalized spacial score (nSPS) is 11.3. The quantitative estimate of drug-likeness (QED) is 0.224. The molecule has 0 spiro atoms. The number of hydrogen-bond donors (Lipinski definition) is 0. The Balaban J connectivity index is 3.99. The first kappa shape index (κ1) is 19.3. The Morgan fingerprint density at radius 1 is 1.00 bits per heavy atom. The standard InChI is InChI=1S/C13H26O6Si/c1-5-13(14)16-10-9-15-11-12-20(17-6-2,18-7-3)19-8-4/h5H,1,6-12H2,2-4H3. The van der Waals surface area contributed by atoms with Gasteiger partial charge in [0.15, 0.2) is 0 Å². The number of rotatable bonds is 13. The summed E-state index contributed by atoms with van der Waals surface area (Å²) in [6, 6.07) is 0.581. The Kier molecular flexibility index (Phi) is 11.6. The fourth-order valence-electron chi connectivity index (χ4n) is 1.56. The molecule has 0 aromatic heterocycles. The lowest BCUT2D eigenvalue weighted by molar-refractivity contribution is -0.139. The second kappa shape index (κ2) is 12.0. The maximum Gasteiger partial charge on any atom is 0.503 e. The van der Waals surface area contributed by atoms with Crippen molar-refractivity contribution in [2.75, 3.05) is 39.6 Å². The number of carbonyl (C=O) groups is 1. The van der Waals surface area contributed by atoms with Gasteiger partial charge in [-0.3, -0.25) is 0 Å². The van der Waals surface area contributed by atoms with Crippen LogP contribution in [-0.4, -0.2) is 54.4 Å². The first-order valence-corrected chi connectivity index (χ1v) is 8.86. The number of carbonyl (C=O) groups excluding carboxylic acids is 1. The van der Waals surface area contributed by atoms with Crippen LogP contribution in [0, 0.1) is 0 Å². The van der Waals surface area contributed by atoms with Gasteiger partial charge < -0.3 is 22.8 Å². The monoisotopic (exact) mass is 306 g/mol. The summed E-state index contributed by atoms with van der Waals surface area (Å²) in [6.45, 7) is 11.7. The molecule has 20 heavy (non-hydrogen) atoms. The van der Waals surface area contributed by atoms with Crippen molar-refractivity contribution in [1.29, 1.82) is 0 Å². The molecule has 0 unspecified atom stereocenters. The van der Waals surface area contributed by atoms with Crippen LogP contribution >= 0.6 is 0 Å². The van der Waals surface area contributed by atoms with E-state index in [1.165, 1.54) is 0 Å². The molecule has 0 aliphatic rings. The van der Waals surface area contributed by atoms with Gasteiger partial charge in [-0.15, -0.1) is 0 Å². The van der Waals surface area contributed by atoms with Crippen LogP contribution in [0.25, 0.3) is 0 Å². The van der Waals surface area contributed by atoms with Crippen LogP contribution in [-0.2, 0) is 27.5 Å². The van der Waals surface area contributed by atoms with Crippen molar-refractivity contribution in [1.82, 2.24) is 0 Å². The van der Waals surface area contributed by atoms with Gasteiger partial charge in [0.05, 0.1) is 13.2 Å². The van der Waals surface area contributed by atoms with Crippen LogP contribution < -0.4 is 0 Å². The smallest absolute Gasteiger partial charge is 0.460 e. The first-order chi connectivity index (χ1) is 9.64. The van der Waals surface area contributed by atoms with E-state index in [0.29, 0.717) is 39.1 Å². The second-order valence-corrected chi connectivity index (χ2v) is 6.45. The summed E-state index contributed by atoms with van der Waals surface area (Å²) < 4.78 is 27.3.